The van der Waals surface area contributed by atoms with Gasteiger partial charge in [-0.05, 0) is 99.2 Å². The van der Waals surface area contributed by atoms with Gasteiger partial charge in [-0.1, -0.05) is 57.2 Å². The van der Waals surface area contributed by atoms with E-state index in [-0.39, 0.29) is 12.0 Å². The van der Waals surface area contributed by atoms with Crippen molar-refractivity contribution in [2.75, 3.05) is 13.2 Å². The number of rotatable bonds is 8. The molecule has 4 nitrogen and oxygen atoms in total. The van der Waals surface area contributed by atoms with Gasteiger partial charge < -0.3 is 14.6 Å². The minimum atomic E-state index is -1.00. The van der Waals surface area contributed by atoms with Gasteiger partial charge in [-0.2, -0.15) is 0 Å². The van der Waals surface area contributed by atoms with Crippen molar-refractivity contribution in [1.82, 2.24) is 0 Å². The molecule has 0 aromatic heterocycles. The maximum atomic E-state index is 10.7. The van der Waals surface area contributed by atoms with Gasteiger partial charge >= 0.3 is 5.97 Å². The molecule has 0 unspecified atom stereocenters. The summed E-state index contributed by atoms with van der Waals surface area (Å²) in [6.07, 6.45) is 2.10. The lowest BCUT2D eigenvalue weighted by molar-refractivity contribution is -0.139. The minimum absolute atomic E-state index is 0.104. The molecule has 0 aliphatic carbocycles. The molecule has 0 heterocycles. The Kier molecular flexibility index (Phi) is 8.19. The lowest BCUT2D eigenvalue weighted by Gasteiger charge is -2.19. The van der Waals surface area contributed by atoms with Gasteiger partial charge in [-0.15, -0.1) is 0 Å². The summed E-state index contributed by atoms with van der Waals surface area (Å²) >= 11 is 2.31. The fourth-order valence-electron chi connectivity index (χ4n) is 3.42. The van der Waals surface area contributed by atoms with Gasteiger partial charge in [-0.25, -0.2) is 4.79 Å². The molecule has 3 rings (SSSR count). The first-order valence-corrected chi connectivity index (χ1v) is 11.9. The molecule has 1 N–H and O–H groups in total. The maximum absolute atomic E-state index is 10.7. The Hall–Kier alpha value is -2.80. The number of hydrogen-bond acceptors (Lipinski definition) is 3. The molecule has 0 spiro atoms. The Bertz CT molecular complexity index is 1120. The first-order valence-electron chi connectivity index (χ1n) is 10.8. The van der Waals surface area contributed by atoms with E-state index in [0.29, 0.717) is 18.1 Å². The lowest BCUT2D eigenvalue weighted by Crippen LogP contribution is -2.10. The molecule has 0 atom stereocenters. The van der Waals surface area contributed by atoms with Gasteiger partial charge in [0.1, 0.15) is 18.1 Å². The molecule has 0 saturated heterocycles. The average Bonchev–Trinajstić information content (AvgIpc) is 2.76. The smallest absolute Gasteiger partial charge is 0.341 e. The van der Waals surface area contributed by atoms with E-state index in [1.165, 1.54) is 9.13 Å². The molecule has 0 amide bonds. The van der Waals surface area contributed by atoms with Crippen molar-refractivity contribution in [3.05, 3.63) is 98.6 Å². The number of aryl methyl sites for hydroxylation is 1. The second kappa shape index (κ2) is 10.9. The zero-order valence-electron chi connectivity index (χ0n) is 19.4. The second-order valence-corrected chi connectivity index (χ2v) is 10.1. The standard InChI is InChI=1S/C28H29IO4/c1-19-17-24(13-14-26(19)33-18-27(30)31)32-16-15-25(21-7-11-23(29)12-8-21)20-5-9-22(10-6-20)28(2,3)4/h5-15,17H,16,18H2,1-4H3,(H,30,31)/b25-15-. The Balaban J connectivity index is 1.81. The Morgan fingerprint density at radius 1 is 0.939 bits per heavy atom. The van der Waals surface area contributed by atoms with E-state index in [2.05, 4.69) is 98.0 Å². The van der Waals surface area contributed by atoms with Crippen LogP contribution in [0.3, 0.4) is 0 Å². The molecule has 0 fully saturated rings. The predicted octanol–water partition coefficient (Wildman–Crippen LogP) is 6.87. The zero-order valence-corrected chi connectivity index (χ0v) is 21.5. The van der Waals surface area contributed by atoms with Gasteiger partial charge in [-0.3, -0.25) is 0 Å². The van der Waals surface area contributed by atoms with Crippen molar-refractivity contribution in [2.45, 2.75) is 33.1 Å². The van der Waals surface area contributed by atoms with Crippen LogP contribution in [-0.2, 0) is 10.2 Å². The summed E-state index contributed by atoms with van der Waals surface area (Å²) in [5.74, 6) is 0.244. The Morgan fingerprint density at radius 2 is 1.55 bits per heavy atom. The molecule has 3 aromatic carbocycles. The summed E-state index contributed by atoms with van der Waals surface area (Å²) in [5.41, 5.74) is 5.62. The van der Waals surface area contributed by atoms with Crippen molar-refractivity contribution < 1.29 is 19.4 Å². The molecule has 0 radical (unpaired) electrons. The fraction of sp³-hybridized carbons (Fsp3) is 0.250. The van der Waals surface area contributed by atoms with Crippen LogP contribution < -0.4 is 9.47 Å². The summed E-state index contributed by atoms with van der Waals surface area (Å²) < 4.78 is 12.5. The Labute approximate surface area is 209 Å². The summed E-state index contributed by atoms with van der Waals surface area (Å²) in [6, 6.07) is 22.6. The number of hydrogen-bond donors (Lipinski definition) is 1. The summed E-state index contributed by atoms with van der Waals surface area (Å²) in [4.78, 5) is 10.7. The first kappa shape index (κ1) is 24.8. The molecule has 3 aromatic rings. The van der Waals surface area contributed by atoms with Crippen LogP contribution in [0.15, 0.2) is 72.8 Å². The molecule has 0 aliphatic rings. The molecule has 0 saturated carbocycles. The highest BCUT2D eigenvalue weighted by molar-refractivity contribution is 14.1. The molecule has 33 heavy (non-hydrogen) atoms. The lowest BCUT2D eigenvalue weighted by atomic mass is 9.85. The number of carboxylic acids is 1. The van der Waals surface area contributed by atoms with E-state index in [4.69, 9.17) is 14.6 Å². The molecular weight excluding hydrogens is 527 g/mol. The van der Waals surface area contributed by atoms with E-state index < -0.39 is 5.97 Å². The highest BCUT2D eigenvalue weighted by Gasteiger charge is 2.14. The molecule has 5 heteroatoms. The normalized spacial score (nSPS) is 11.8. The van der Waals surface area contributed by atoms with Gasteiger partial charge in [0.25, 0.3) is 0 Å². The maximum Gasteiger partial charge on any atom is 0.341 e. The van der Waals surface area contributed by atoms with Crippen LogP contribution in [0.5, 0.6) is 11.5 Å². The summed E-state index contributed by atoms with van der Waals surface area (Å²) in [6.45, 7) is 8.55. The van der Waals surface area contributed by atoms with Crippen LogP contribution in [0.4, 0.5) is 0 Å². The summed E-state index contributed by atoms with van der Waals surface area (Å²) in [7, 11) is 0. The monoisotopic (exact) mass is 556 g/mol. The molecule has 0 aliphatic heterocycles. The first-order chi connectivity index (χ1) is 15.6. The van der Waals surface area contributed by atoms with E-state index in [1.54, 1.807) is 12.1 Å². The number of aliphatic carboxylic acids is 1. The second-order valence-electron chi connectivity index (χ2n) is 8.87. The van der Waals surface area contributed by atoms with E-state index in [1.807, 2.05) is 13.0 Å². The number of carbonyl (C=O) groups is 1. The van der Waals surface area contributed by atoms with Crippen molar-refractivity contribution in [3.63, 3.8) is 0 Å². The third-order valence-corrected chi connectivity index (χ3v) is 5.97. The topological polar surface area (TPSA) is 55.8 Å². The van der Waals surface area contributed by atoms with Crippen LogP contribution in [0.2, 0.25) is 0 Å². The van der Waals surface area contributed by atoms with E-state index in [9.17, 15) is 4.79 Å². The summed E-state index contributed by atoms with van der Waals surface area (Å²) in [5, 5.41) is 8.79. The van der Waals surface area contributed by atoms with Gasteiger partial charge in [0.15, 0.2) is 6.61 Å². The highest BCUT2D eigenvalue weighted by atomic mass is 127. The third kappa shape index (κ3) is 7.09. The number of carboxylic acid groups (broad SMARTS) is 1. The van der Waals surface area contributed by atoms with Crippen LogP contribution >= 0.6 is 22.6 Å². The molecular formula is C28H29IO4. The minimum Gasteiger partial charge on any atom is -0.489 e. The van der Waals surface area contributed by atoms with E-state index in [0.717, 1.165) is 22.3 Å². The van der Waals surface area contributed by atoms with Crippen LogP contribution in [-0.4, -0.2) is 24.3 Å². The van der Waals surface area contributed by atoms with E-state index >= 15 is 0 Å². The van der Waals surface area contributed by atoms with Gasteiger partial charge in [0.2, 0.25) is 0 Å². The van der Waals surface area contributed by atoms with Gasteiger partial charge in [0, 0.05) is 3.57 Å². The highest BCUT2D eigenvalue weighted by Crippen LogP contribution is 2.29. The Morgan fingerprint density at radius 3 is 2.09 bits per heavy atom. The zero-order chi connectivity index (χ0) is 24.0. The van der Waals surface area contributed by atoms with Crippen LogP contribution in [0.1, 0.15) is 43.0 Å². The number of benzene rings is 3. The predicted molar refractivity (Wildman–Crippen MR) is 141 cm³/mol. The molecule has 172 valence electrons. The van der Waals surface area contributed by atoms with Crippen LogP contribution in [0.25, 0.3) is 5.57 Å². The fourth-order valence-corrected chi connectivity index (χ4v) is 3.78. The van der Waals surface area contributed by atoms with Crippen molar-refractivity contribution in [1.29, 1.82) is 0 Å². The van der Waals surface area contributed by atoms with Crippen molar-refractivity contribution in [3.8, 4) is 11.5 Å². The van der Waals surface area contributed by atoms with Crippen LogP contribution in [0, 0.1) is 10.5 Å². The third-order valence-electron chi connectivity index (χ3n) is 5.25. The largest absolute Gasteiger partial charge is 0.489 e. The molecule has 0 bridgehead atoms. The average molecular weight is 556 g/mol. The van der Waals surface area contributed by atoms with Crippen molar-refractivity contribution in [2.24, 2.45) is 0 Å². The van der Waals surface area contributed by atoms with Gasteiger partial charge in [0.05, 0.1) is 0 Å². The number of ether oxygens (including phenoxy) is 2. The quantitative estimate of drug-likeness (QED) is 0.308. The number of halogens is 1. The van der Waals surface area contributed by atoms with Crippen molar-refractivity contribution >= 4 is 34.1 Å². The SMILES string of the molecule is Cc1cc(OC/C=C(\c2ccc(I)cc2)c2ccc(C(C)(C)C)cc2)ccc1OCC(=O)O.